The minimum absolute atomic E-state index is 0.112. The Labute approximate surface area is 127 Å². The molecular formula is C16H17N3OS. The first kappa shape index (κ1) is 14.0. The molecular weight excluding hydrogens is 282 g/mol. The highest BCUT2D eigenvalue weighted by Gasteiger charge is 2.17. The number of hydrogen-bond acceptors (Lipinski definition) is 5. The summed E-state index contributed by atoms with van der Waals surface area (Å²) >= 11 is 1.59. The van der Waals surface area contributed by atoms with Gasteiger partial charge in [-0.1, -0.05) is 37.3 Å². The SMILES string of the molecule is CCC(OC)c1nc(N)c2c(-c3ccccc3)csc2n1. The van der Waals surface area contributed by atoms with Crippen LogP contribution in [-0.2, 0) is 4.74 Å². The maximum Gasteiger partial charge on any atom is 0.161 e. The third-order valence-corrected chi connectivity index (χ3v) is 4.38. The van der Waals surface area contributed by atoms with Gasteiger partial charge in [-0.2, -0.15) is 0 Å². The molecule has 5 heteroatoms. The van der Waals surface area contributed by atoms with Gasteiger partial charge in [-0.3, -0.25) is 0 Å². The van der Waals surface area contributed by atoms with Gasteiger partial charge in [-0.15, -0.1) is 11.3 Å². The molecule has 0 radical (unpaired) electrons. The van der Waals surface area contributed by atoms with Crippen molar-refractivity contribution in [1.29, 1.82) is 0 Å². The van der Waals surface area contributed by atoms with Crippen LogP contribution in [0.5, 0.6) is 0 Å². The lowest BCUT2D eigenvalue weighted by Gasteiger charge is -2.12. The van der Waals surface area contributed by atoms with Crippen molar-refractivity contribution in [2.45, 2.75) is 19.4 Å². The molecule has 0 amide bonds. The van der Waals surface area contributed by atoms with Crippen LogP contribution in [0.4, 0.5) is 5.82 Å². The maximum atomic E-state index is 6.19. The number of hydrogen-bond donors (Lipinski definition) is 1. The Hall–Kier alpha value is -1.98. The zero-order valence-electron chi connectivity index (χ0n) is 12.0. The summed E-state index contributed by atoms with van der Waals surface area (Å²) in [6.45, 7) is 2.04. The van der Waals surface area contributed by atoms with Crippen molar-refractivity contribution in [3.05, 3.63) is 41.5 Å². The lowest BCUT2D eigenvalue weighted by atomic mass is 10.1. The average Bonchev–Trinajstić information content (AvgIpc) is 2.94. The summed E-state index contributed by atoms with van der Waals surface area (Å²) < 4.78 is 5.40. The van der Waals surface area contributed by atoms with E-state index in [4.69, 9.17) is 10.5 Å². The molecule has 1 unspecified atom stereocenters. The van der Waals surface area contributed by atoms with Crippen molar-refractivity contribution in [3.8, 4) is 11.1 Å². The fourth-order valence-electron chi connectivity index (χ4n) is 2.41. The largest absolute Gasteiger partial charge is 0.383 e. The number of nitrogens with two attached hydrogens (primary N) is 1. The van der Waals surface area contributed by atoms with Gasteiger partial charge in [0.05, 0.1) is 5.39 Å². The summed E-state index contributed by atoms with van der Waals surface area (Å²) in [4.78, 5) is 9.99. The first-order valence-corrected chi connectivity index (χ1v) is 7.75. The smallest absolute Gasteiger partial charge is 0.161 e. The number of anilines is 1. The lowest BCUT2D eigenvalue weighted by molar-refractivity contribution is 0.0930. The molecule has 1 aromatic carbocycles. The lowest BCUT2D eigenvalue weighted by Crippen LogP contribution is -2.07. The van der Waals surface area contributed by atoms with E-state index in [9.17, 15) is 0 Å². The monoisotopic (exact) mass is 299 g/mol. The van der Waals surface area contributed by atoms with E-state index in [1.165, 1.54) is 0 Å². The van der Waals surface area contributed by atoms with E-state index in [-0.39, 0.29) is 6.10 Å². The second-order valence-electron chi connectivity index (χ2n) is 4.80. The zero-order valence-corrected chi connectivity index (χ0v) is 12.9. The van der Waals surface area contributed by atoms with Crippen LogP contribution < -0.4 is 5.73 Å². The molecule has 0 fully saturated rings. The highest BCUT2D eigenvalue weighted by atomic mass is 32.1. The molecule has 0 bridgehead atoms. The number of ether oxygens (including phenoxy) is 1. The van der Waals surface area contributed by atoms with Gasteiger partial charge in [-0.25, -0.2) is 9.97 Å². The van der Waals surface area contributed by atoms with Crippen LogP contribution in [0, 0.1) is 0 Å². The summed E-state index contributed by atoms with van der Waals surface area (Å²) in [7, 11) is 1.67. The number of rotatable bonds is 4. The number of fused-ring (bicyclic) bond motifs is 1. The van der Waals surface area contributed by atoms with Crippen molar-refractivity contribution in [2.75, 3.05) is 12.8 Å². The average molecular weight is 299 g/mol. The van der Waals surface area contributed by atoms with Crippen molar-refractivity contribution in [2.24, 2.45) is 0 Å². The molecule has 0 saturated heterocycles. The standard InChI is InChI=1S/C16H17N3OS/c1-3-12(20-2)15-18-14(17)13-11(9-21-16(13)19-15)10-7-5-4-6-8-10/h4-9,12H,3H2,1-2H3,(H2,17,18,19). The fourth-order valence-corrected chi connectivity index (χ4v) is 3.38. The van der Waals surface area contributed by atoms with E-state index in [2.05, 4.69) is 27.5 Å². The number of thiophene rings is 1. The summed E-state index contributed by atoms with van der Waals surface area (Å²) in [5, 5.41) is 3.02. The Balaban J connectivity index is 2.16. The third-order valence-electron chi connectivity index (χ3n) is 3.51. The van der Waals surface area contributed by atoms with Gasteiger partial charge in [0.2, 0.25) is 0 Å². The van der Waals surface area contributed by atoms with Gasteiger partial charge in [0.15, 0.2) is 5.82 Å². The molecule has 3 aromatic rings. The van der Waals surface area contributed by atoms with Crippen molar-refractivity contribution < 1.29 is 4.74 Å². The van der Waals surface area contributed by atoms with Crippen LogP contribution in [0.2, 0.25) is 0 Å². The summed E-state index contributed by atoms with van der Waals surface area (Å²) in [5.74, 6) is 1.18. The first-order valence-electron chi connectivity index (χ1n) is 6.87. The Morgan fingerprint density at radius 1 is 1.24 bits per heavy atom. The molecule has 108 valence electrons. The molecule has 0 aliphatic heterocycles. The van der Waals surface area contributed by atoms with Crippen LogP contribution in [0.15, 0.2) is 35.7 Å². The van der Waals surface area contributed by atoms with Crippen LogP contribution in [-0.4, -0.2) is 17.1 Å². The number of nitrogens with zero attached hydrogens (tertiary/aromatic N) is 2. The normalized spacial score (nSPS) is 12.7. The quantitative estimate of drug-likeness (QED) is 0.790. The van der Waals surface area contributed by atoms with Crippen LogP contribution in [0.1, 0.15) is 25.3 Å². The molecule has 2 heterocycles. The zero-order chi connectivity index (χ0) is 14.8. The van der Waals surface area contributed by atoms with E-state index in [1.54, 1.807) is 18.4 Å². The van der Waals surface area contributed by atoms with Crippen molar-refractivity contribution in [1.82, 2.24) is 9.97 Å². The van der Waals surface area contributed by atoms with Crippen molar-refractivity contribution >= 4 is 27.4 Å². The van der Waals surface area contributed by atoms with Crippen molar-refractivity contribution in [3.63, 3.8) is 0 Å². The second-order valence-corrected chi connectivity index (χ2v) is 5.65. The van der Waals surface area contributed by atoms with Gasteiger partial charge >= 0.3 is 0 Å². The highest BCUT2D eigenvalue weighted by Crippen LogP contribution is 2.36. The number of nitrogen functional groups attached to an aromatic ring is 1. The third kappa shape index (κ3) is 2.50. The maximum absolute atomic E-state index is 6.19. The molecule has 0 aliphatic carbocycles. The Morgan fingerprint density at radius 2 is 2.00 bits per heavy atom. The van der Waals surface area contributed by atoms with Crippen LogP contribution in [0.25, 0.3) is 21.3 Å². The van der Waals surface area contributed by atoms with Crippen LogP contribution >= 0.6 is 11.3 Å². The Kier molecular flexibility index (Phi) is 3.86. The topological polar surface area (TPSA) is 61.0 Å². The minimum atomic E-state index is -0.112. The number of aromatic nitrogens is 2. The highest BCUT2D eigenvalue weighted by molar-refractivity contribution is 7.17. The predicted octanol–water partition coefficient (Wildman–Crippen LogP) is 4.04. The van der Waals surface area contributed by atoms with E-state index in [1.807, 2.05) is 25.1 Å². The molecule has 4 nitrogen and oxygen atoms in total. The molecule has 2 aromatic heterocycles. The molecule has 1 atom stereocenters. The van der Waals surface area contributed by atoms with Gasteiger partial charge in [-0.05, 0) is 12.0 Å². The molecule has 2 N–H and O–H groups in total. The van der Waals surface area contributed by atoms with Gasteiger partial charge in [0.1, 0.15) is 16.8 Å². The summed E-state index contributed by atoms with van der Waals surface area (Å²) in [6, 6.07) is 10.2. The predicted molar refractivity (Wildman–Crippen MR) is 87.3 cm³/mol. The van der Waals surface area contributed by atoms with E-state index >= 15 is 0 Å². The molecule has 0 aliphatic rings. The number of methoxy groups -OCH3 is 1. The number of benzene rings is 1. The van der Waals surface area contributed by atoms with E-state index in [0.29, 0.717) is 11.6 Å². The Morgan fingerprint density at radius 3 is 2.67 bits per heavy atom. The Bertz CT molecular complexity index is 751. The van der Waals surface area contributed by atoms with E-state index in [0.717, 1.165) is 27.8 Å². The molecule has 0 spiro atoms. The molecule has 0 saturated carbocycles. The van der Waals surface area contributed by atoms with Crippen LogP contribution in [0.3, 0.4) is 0 Å². The van der Waals surface area contributed by atoms with Gasteiger partial charge in [0, 0.05) is 18.1 Å². The van der Waals surface area contributed by atoms with Gasteiger partial charge < -0.3 is 10.5 Å². The summed E-state index contributed by atoms with van der Waals surface area (Å²) in [6.07, 6.45) is 0.706. The minimum Gasteiger partial charge on any atom is -0.383 e. The summed E-state index contributed by atoms with van der Waals surface area (Å²) in [5.41, 5.74) is 8.41. The second kappa shape index (κ2) is 5.79. The van der Waals surface area contributed by atoms with Gasteiger partial charge in [0.25, 0.3) is 0 Å². The molecule has 21 heavy (non-hydrogen) atoms. The molecule has 3 rings (SSSR count). The van der Waals surface area contributed by atoms with E-state index < -0.39 is 0 Å². The first-order chi connectivity index (χ1) is 10.2. The fraction of sp³-hybridized carbons (Fsp3) is 0.250.